The first kappa shape index (κ1) is 17.7. The van der Waals surface area contributed by atoms with Crippen LogP contribution in [0.2, 0.25) is 5.02 Å². The molecule has 0 unspecified atom stereocenters. The van der Waals surface area contributed by atoms with Crippen LogP contribution in [-0.4, -0.2) is 21.9 Å². The van der Waals surface area contributed by atoms with Gasteiger partial charge >= 0.3 is 0 Å². The van der Waals surface area contributed by atoms with Crippen LogP contribution in [0.15, 0.2) is 30.6 Å². The van der Waals surface area contributed by atoms with Gasteiger partial charge in [-0.15, -0.1) is 0 Å². The van der Waals surface area contributed by atoms with Gasteiger partial charge in [-0.05, 0) is 43.5 Å². The molecule has 1 fully saturated rings. The van der Waals surface area contributed by atoms with Crippen molar-refractivity contribution in [1.82, 2.24) is 9.97 Å². The quantitative estimate of drug-likeness (QED) is 0.768. The molecule has 0 saturated heterocycles. The summed E-state index contributed by atoms with van der Waals surface area (Å²) in [6.45, 7) is 1.90. The fourth-order valence-electron chi connectivity index (χ4n) is 3.11. The number of aryl methyl sites for hydroxylation is 1. The summed E-state index contributed by atoms with van der Waals surface area (Å²) in [5, 5.41) is 6.92. The lowest BCUT2D eigenvalue weighted by molar-refractivity contribution is 0.102. The molecule has 3 rings (SSSR count). The van der Waals surface area contributed by atoms with Crippen molar-refractivity contribution < 1.29 is 4.79 Å². The number of aromatic nitrogens is 2. The van der Waals surface area contributed by atoms with Crippen LogP contribution >= 0.6 is 11.6 Å². The van der Waals surface area contributed by atoms with Gasteiger partial charge in [-0.25, -0.2) is 9.97 Å². The average Bonchev–Trinajstić information content (AvgIpc) is 2.87. The number of hydrogen-bond acceptors (Lipinski definition) is 4. The topological polar surface area (TPSA) is 66.9 Å². The maximum atomic E-state index is 12.3. The van der Waals surface area contributed by atoms with Crippen molar-refractivity contribution in [3.8, 4) is 0 Å². The van der Waals surface area contributed by atoms with E-state index in [9.17, 15) is 4.79 Å². The van der Waals surface area contributed by atoms with Gasteiger partial charge in [0, 0.05) is 16.8 Å². The highest BCUT2D eigenvalue weighted by molar-refractivity contribution is 6.30. The van der Waals surface area contributed by atoms with E-state index in [0.717, 1.165) is 17.1 Å². The van der Waals surface area contributed by atoms with Crippen LogP contribution in [0.25, 0.3) is 0 Å². The highest BCUT2D eigenvalue weighted by Gasteiger charge is 2.14. The number of carbonyl (C=O) groups excluding carboxylic acids is 1. The Labute approximate surface area is 153 Å². The summed E-state index contributed by atoms with van der Waals surface area (Å²) in [4.78, 5) is 20.9. The number of nitrogens with zero attached hydrogens (tertiary/aromatic N) is 2. The van der Waals surface area contributed by atoms with Gasteiger partial charge in [0.15, 0.2) is 0 Å². The predicted octanol–water partition coefficient (Wildman–Crippen LogP) is 4.83. The molecular formula is C19H23ClN4O. The lowest BCUT2D eigenvalue weighted by atomic mass is 10.1. The molecule has 1 saturated carbocycles. The minimum atomic E-state index is -0.279. The lowest BCUT2D eigenvalue weighted by Crippen LogP contribution is -2.20. The maximum absolute atomic E-state index is 12.3. The summed E-state index contributed by atoms with van der Waals surface area (Å²) < 4.78 is 0. The molecular weight excluding hydrogens is 336 g/mol. The minimum Gasteiger partial charge on any atom is -0.366 e. The summed E-state index contributed by atoms with van der Waals surface area (Å²) in [7, 11) is 0. The van der Waals surface area contributed by atoms with Crippen molar-refractivity contribution in [2.24, 2.45) is 0 Å². The minimum absolute atomic E-state index is 0.279. The van der Waals surface area contributed by atoms with Gasteiger partial charge < -0.3 is 10.6 Å². The third-order valence-electron chi connectivity index (χ3n) is 4.53. The lowest BCUT2D eigenvalue weighted by Gasteiger charge is -2.16. The summed E-state index contributed by atoms with van der Waals surface area (Å²) in [5.41, 5.74) is 1.91. The van der Waals surface area contributed by atoms with E-state index in [-0.39, 0.29) is 5.91 Å². The van der Waals surface area contributed by atoms with Crippen molar-refractivity contribution in [1.29, 1.82) is 0 Å². The van der Waals surface area contributed by atoms with Gasteiger partial charge in [0.2, 0.25) is 0 Å². The van der Waals surface area contributed by atoms with Crippen LogP contribution in [0.4, 0.5) is 11.5 Å². The highest BCUT2D eigenvalue weighted by Crippen LogP contribution is 2.21. The van der Waals surface area contributed by atoms with Gasteiger partial charge in [0.1, 0.15) is 11.5 Å². The SMILES string of the molecule is Cc1cc(Cl)ccc1NC(=O)c1cnc(NC2CCCCCC2)cn1. The molecule has 1 aliphatic carbocycles. The molecule has 0 aliphatic heterocycles. The Morgan fingerprint density at radius 1 is 1.12 bits per heavy atom. The molecule has 2 N–H and O–H groups in total. The zero-order valence-electron chi connectivity index (χ0n) is 14.4. The van der Waals surface area contributed by atoms with E-state index in [4.69, 9.17) is 11.6 Å². The summed E-state index contributed by atoms with van der Waals surface area (Å²) in [5.74, 6) is 0.449. The Hall–Kier alpha value is -2.14. The Morgan fingerprint density at radius 2 is 1.88 bits per heavy atom. The molecule has 1 aromatic heterocycles. The summed E-state index contributed by atoms with van der Waals surface area (Å²) in [6, 6.07) is 5.79. The number of benzene rings is 1. The van der Waals surface area contributed by atoms with E-state index in [2.05, 4.69) is 20.6 Å². The monoisotopic (exact) mass is 358 g/mol. The molecule has 0 bridgehead atoms. The number of carbonyl (C=O) groups is 1. The molecule has 1 aromatic carbocycles. The normalized spacial score (nSPS) is 15.4. The molecule has 0 atom stereocenters. The van der Waals surface area contributed by atoms with Gasteiger partial charge in [-0.1, -0.05) is 37.3 Å². The molecule has 25 heavy (non-hydrogen) atoms. The number of rotatable bonds is 4. The van der Waals surface area contributed by atoms with Crippen LogP contribution in [0.3, 0.4) is 0 Å². The molecule has 2 aromatic rings. The third-order valence-corrected chi connectivity index (χ3v) is 4.76. The first-order chi connectivity index (χ1) is 12.1. The van der Waals surface area contributed by atoms with Crippen molar-refractivity contribution in [3.63, 3.8) is 0 Å². The smallest absolute Gasteiger partial charge is 0.275 e. The number of nitrogens with one attached hydrogen (secondary N) is 2. The van der Waals surface area contributed by atoms with Crippen LogP contribution in [0.5, 0.6) is 0 Å². The van der Waals surface area contributed by atoms with Crippen molar-refractivity contribution in [2.75, 3.05) is 10.6 Å². The van der Waals surface area contributed by atoms with E-state index in [1.54, 1.807) is 18.3 Å². The molecule has 132 valence electrons. The van der Waals surface area contributed by atoms with Gasteiger partial charge in [0.05, 0.1) is 12.4 Å². The van der Waals surface area contributed by atoms with Crippen LogP contribution in [0.1, 0.15) is 54.6 Å². The van der Waals surface area contributed by atoms with Crippen LogP contribution < -0.4 is 10.6 Å². The molecule has 5 nitrogen and oxygen atoms in total. The standard InChI is InChI=1S/C19H23ClN4O/c1-13-10-14(20)8-9-16(13)24-19(25)17-11-22-18(12-21-17)23-15-6-4-2-3-5-7-15/h8-12,15H,2-7H2,1H3,(H,22,23)(H,24,25). The van der Waals surface area contributed by atoms with Crippen LogP contribution in [-0.2, 0) is 0 Å². The van der Waals surface area contributed by atoms with Gasteiger partial charge in [-0.2, -0.15) is 0 Å². The zero-order chi connectivity index (χ0) is 17.6. The van der Waals surface area contributed by atoms with E-state index in [1.807, 2.05) is 13.0 Å². The fourth-order valence-corrected chi connectivity index (χ4v) is 3.33. The number of amides is 1. The van der Waals surface area contributed by atoms with E-state index < -0.39 is 0 Å². The number of halogens is 1. The van der Waals surface area contributed by atoms with Gasteiger partial charge in [-0.3, -0.25) is 4.79 Å². The fraction of sp³-hybridized carbons (Fsp3) is 0.421. The number of hydrogen-bond donors (Lipinski definition) is 2. The molecule has 1 amide bonds. The van der Waals surface area contributed by atoms with Crippen molar-refractivity contribution in [2.45, 2.75) is 51.5 Å². The largest absolute Gasteiger partial charge is 0.366 e. The molecule has 0 spiro atoms. The third kappa shape index (κ3) is 4.92. The average molecular weight is 359 g/mol. The highest BCUT2D eigenvalue weighted by atomic mass is 35.5. The Bertz CT molecular complexity index is 725. The Balaban J connectivity index is 1.62. The number of anilines is 2. The van der Waals surface area contributed by atoms with Crippen molar-refractivity contribution in [3.05, 3.63) is 46.9 Å². The molecule has 1 aliphatic rings. The second-order valence-electron chi connectivity index (χ2n) is 6.53. The van der Waals surface area contributed by atoms with E-state index in [1.165, 1.54) is 44.7 Å². The van der Waals surface area contributed by atoms with Crippen molar-refractivity contribution >= 4 is 29.0 Å². The predicted molar refractivity (Wildman–Crippen MR) is 101 cm³/mol. The molecule has 6 heteroatoms. The Kier molecular flexibility index (Phi) is 5.87. The Morgan fingerprint density at radius 3 is 2.52 bits per heavy atom. The first-order valence-corrected chi connectivity index (χ1v) is 9.16. The second-order valence-corrected chi connectivity index (χ2v) is 6.97. The van der Waals surface area contributed by atoms with E-state index >= 15 is 0 Å². The first-order valence-electron chi connectivity index (χ1n) is 8.78. The molecule has 1 heterocycles. The summed E-state index contributed by atoms with van der Waals surface area (Å²) >= 11 is 5.94. The van der Waals surface area contributed by atoms with Gasteiger partial charge in [0.25, 0.3) is 5.91 Å². The maximum Gasteiger partial charge on any atom is 0.275 e. The zero-order valence-corrected chi connectivity index (χ0v) is 15.1. The van der Waals surface area contributed by atoms with Crippen LogP contribution in [0, 0.1) is 6.92 Å². The second kappa shape index (κ2) is 8.30. The molecule has 0 radical (unpaired) electrons. The van der Waals surface area contributed by atoms with E-state index in [0.29, 0.717) is 16.8 Å². The summed E-state index contributed by atoms with van der Waals surface area (Å²) in [6.07, 6.45) is 10.6.